The van der Waals surface area contributed by atoms with Gasteiger partial charge in [0.1, 0.15) is 0 Å². The number of hydrogen-bond donors (Lipinski definition) is 1. The molecule has 4 nitrogen and oxygen atoms in total. The Balaban J connectivity index is 1.54. The third kappa shape index (κ3) is 3.66. The highest BCUT2D eigenvalue weighted by atomic mass is 16.2. The molecule has 2 amide bonds. The highest BCUT2D eigenvalue weighted by Gasteiger charge is 2.23. The minimum atomic E-state index is -0.269. The first-order chi connectivity index (χ1) is 11.2. The molecule has 0 saturated carbocycles. The summed E-state index contributed by atoms with van der Waals surface area (Å²) < 4.78 is 0. The maximum Gasteiger partial charge on any atom is 0.246 e. The second-order valence-corrected chi connectivity index (χ2v) is 5.39. The zero-order valence-electron chi connectivity index (χ0n) is 12.7. The monoisotopic (exact) mass is 306 g/mol. The molecule has 0 spiro atoms. The van der Waals surface area contributed by atoms with E-state index in [0.717, 1.165) is 17.7 Å². The summed E-state index contributed by atoms with van der Waals surface area (Å²) in [5.74, 6) is -0.355. The maximum absolute atomic E-state index is 12.3. The van der Waals surface area contributed by atoms with Crippen molar-refractivity contribution >= 4 is 23.6 Å². The summed E-state index contributed by atoms with van der Waals surface area (Å²) in [6, 6.07) is 17.4. The van der Waals surface area contributed by atoms with Gasteiger partial charge in [-0.05, 0) is 29.7 Å². The first-order valence-electron chi connectivity index (χ1n) is 7.63. The van der Waals surface area contributed by atoms with Gasteiger partial charge in [-0.25, -0.2) is 0 Å². The first kappa shape index (κ1) is 15.0. The molecule has 0 unspecified atom stereocenters. The summed E-state index contributed by atoms with van der Waals surface area (Å²) in [7, 11) is 0. The fourth-order valence-electron chi connectivity index (χ4n) is 2.65. The number of nitrogens with one attached hydrogen (secondary N) is 1. The van der Waals surface area contributed by atoms with E-state index >= 15 is 0 Å². The van der Waals surface area contributed by atoms with Crippen LogP contribution in [0.2, 0.25) is 0 Å². The normalized spacial score (nSPS) is 13.1. The minimum Gasteiger partial charge on any atom is -0.343 e. The zero-order chi connectivity index (χ0) is 16.1. The van der Waals surface area contributed by atoms with Crippen LogP contribution in [0.15, 0.2) is 60.7 Å². The molecule has 2 aromatic carbocycles. The van der Waals surface area contributed by atoms with E-state index < -0.39 is 0 Å². The van der Waals surface area contributed by atoms with Crippen LogP contribution in [0.3, 0.4) is 0 Å². The lowest BCUT2D eigenvalue weighted by atomic mass is 10.2. The Morgan fingerprint density at radius 2 is 1.78 bits per heavy atom. The largest absolute Gasteiger partial charge is 0.343 e. The van der Waals surface area contributed by atoms with Crippen molar-refractivity contribution in [2.24, 2.45) is 0 Å². The molecule has 0 saturated heterocycles. The van der Waals surface area contributed by atoms with Crippen molar-refractivity contribution < 1.29 is 9.59 Å². The first-order valence-corrected chi connectivity index (χ1v) is 7.63. The zero-order valence-corrected chi connectivity index (χ0v) is 12.7. The van der Waals surface area contributed by atoms with Crippen molar-refractivity contribution in [1.29, 1.82) is 0 Å². The molecule has 4 heteroatoms. The third-order valence-corrected chi connectivity index (χ3v) is 3.83. The summed E-state index contributed by atoms with van der Waals surface area (Å²) >= 11 is 0. The Kier molecular flexibility index (Phi) is 4.52. The molecule has 2 aromatic rings. The van der Waals surface area contributed by atoms with E-state index in [1.807, 2.05) is 54.6 Å². The SMILES string of the molecule is O=C(C=Cc1ccccc1)NCC(=O)N1CCc2ccccc21. The molecule has 3 rings (SSSR count). The number of rotatable bonds is 4. The van der Waals surface area contributed by atoms with E-state index in [-0.39, 0.29) is 18.4 Å². The van der Waals surface area contributed by atoms with Gasteiger partial charge in [0.2, 0.25) is 11.8 Å². The fraction of sp³-hybridized carbons (Fsp3) is 0.158. The number of carbonyl (C=O) groups excluding carboxylic acids is 2. The van der Waals surface area contributed by atoms with Crippen LogP contribution in [-0.4, -0.2) is 24.9 Å². The van der Waals surface area contributed by atoms with Gasteiger partial charge in [-0.1, -0.05) is 48.5 Å². The quantitative estimate of drug-likeness (QED) is 0.882. The molecule has 1 aliphatic rings. The molecular formula is C19H18N2O2. The number of para-hydroxylation sites is 1. The second-order valence-electron chi connectivity index (χ2n) is 5.39. The van der Waals surface area contributed by atoms with E-state index in [1.54, 1.807) is 11.0 Å². The summed E-state index contributed by atoms with van der Waals surface area (Å²) in [5, 5.41) is 2.64. The number of hydrogen-bond acceptors (Lipinski definition) is 2. The topological polar surface area (TPSA) is 49.4 Å². The number of anilines is 1. The van der Waals surface area contributed by atoms with Crippen LogP contribution >= 0.6 is 0 Å². The van der Waals surface area contributed by atoms with Gasteiger partial charge >= 0.3 is 0 Å². The summed E-state index contributed by atoms with van der Waals surface area (Å²) in [5.41, 5.74) is 3.07. The van der Waals surface area contributed by atoms with Crippen LogP contribution < -0.4 is 10.2 Å². The molecule has 0 radical (unpaired) electrons. The van der Waals surface area contributed by atoms with Crippen molar-refractivity contribution in [3.05, 3.63) is 71.8 Å². The molecule has 1 heterocycles. The van der Waals surface area contributed by atoms with Gasteiger partial charge < -0.3 is 10.2 Å². The van der Waals surface area contributed by atoms with Gasteiger partial charge in [0.25, 0.3) is 0 Å². The Hall–Kier alpha value is -2.88. The summed E-state index contributed by atoms with van der Waals surface area (Å²) in [6.07, 6.45) is 4.04. The van der Waals surface area contributed by atoms with E-state index in [2.05, 4.69) is 5.32 Å². The summed E-state index contributed by atoms with van der Waals surface area (Å²) in [6.45, 7) is 0.681. The molecule has 0 aromatic heterocycles. The molecule has 1 aliphatic heterocycles. The predicted molar refractivity (Wildman–Crippen MR) is 91.0 cm³/mol. The molecule has 1 N–H and O–H groups in total. The van der Waals surface area contributed by atoms with Gasteiger partial charge in [-0.2, -0.15) is 0 Å². The van der Waals surface area contributed by atoms with Gasteiger partial charge in [-0.15, -0.1) is 0 Å². The van der Waals surface area contributed by atoms with Crippen LogP contribution in [-0.2, 0) is 16.0 Å². The van der Waals surface area contributed by atoms with E-state index in [1.165, 1.54) is 11.6 Å². The van der Waals surface area contributed by atoms with Crippen LogP contribution in [0.5, 0.6) is 0 Å². The molecule has 0 aliphatic carbocycles. The third-order valence-electron chi connectivity index (χ3n) is 3.83. The molecule has 0 fully saturated rings. The average Bonchev–Trinajstić information content (AvgIpc) is 3.03. The molecule has 116 valence electrons. The highest BCUT2D eigenvalue weighted by Crippen LogP contribution is 2.27. The van der Waals surface area contributed by atoms with Crippen LogP contribution in [0, 0.1) is 0 Å². The van der Waals surface area contributed by atoms with Crippen molar-refractivity contribution in [2.45, 2.75) is 6.42 Å². The Labute approximate surface area is 135 Å². The molecular weight excluding hydrogens is 288 g/mol. The smallest absolute Gasteiger partial charge is 0.246 e. The number of carbonyl (C=O) groups is 2. The lowest BCUT2D eigenvalue weighted by molar-refractivity contribution is -0.122. The van der Waals surface area contributed by atoms with E-state index in [0.29, 0.717) is 6.54 Å². The predicted octanol–water partition coefficient (Wildman–Crippen LogP) is 2.41. The van der Waals surface area contributed by atoms with Crippen molar-refractivity contribution in [1.82, 2.24) is 5.32 Å². The van der Waals surface area contributed by atoms with Crippen LogP contribution in [0.4, 0.5) is 5.69 Å². The minimum absolute atomic E-state index is 0.00625. The highest BCUT2D eigenvalue weighted by molar-refractivity contribution is 6.00. The summed E-state index contributed by atoms with van der Waals surface area (Å²) in [4.78, 5) is 25.8. The molecule has 23 heavy (non-hydrogen) atoms. The average molecular weight is 306 g/mol. The number of benzene rings is 2. The van der Waals surface area contributed by atoms with E-state index in [9.17, 15) is 9.59 Å². The van der Waals surface area contributed by atoms with E-state index in [4.69, 9.17) is 0 Å². The fourth-order valence-corrected chi connectivity index (χ4v) is 2.65. The standard InChI is InChI=1S/C19H18N2O2/c22-18(11-10-15-6-2-1-3-7-15)20-14-19(23)21-13-12-16-8-4-5-9-17(16)21/h1-11H,12-14H2,(H,20,22). The Morgan fingerprint density at radius 1 is 1.04 bits per heavy atom. The Morgan fingerprint density at radius 3 is 2.61 bits per heavy atom. The van der Waals surface area contributed by atoms with Crippen molar-refractivity contribution in [3.8, 4) is 0 Å². The lowest BCUT2D eigenvalue weighted by Crippen LogP contribution is -2.38. The maximum atomic E-state index is 12.3. The number of fused-ring (bicyclic) bond motifs is 1. The lowest BCUT2D eigenvalue weighted by Gasteiger charge is -2.17. The van der Waals surface area contributed by atoms with Crippen molar-refractivity contribution in [3.63, 3.8) is 0 Å². The Bertz CT molecular complexity index is 738. The van der Waals surface area contributed by atoms with Gasteiger partial charge in [0.05, 0.1) is 6.54 Å². The van der Waals surface area contributed by atoms with Gasteiger partial charge in [0.15, 0.2) is 0 Å². The molecule has 0 bridgehead atoms. The van der Waals surface area contributed by atoms with Crippen molar-refractivity contribution in [2.75, 3.05) is 18.0 Å². The van der Waals surface area contributed by atoms with Gasteiger partial charge in [0, 0.05) is 18.3 Å². The van der Waals surface area contributed by atoms with Crippen LogP contribution in [0.25, 0.3) is 6.08 Å². The second kappa shape index (κ2) is 6.92. The number of nitrogens with zero attached hydrogens (tertiary/aromatic N) is 1. The van der Waals surface area contributed by atoms with Gasteiger partial charge in [-0.3, -0.25) is 9.59 Å². The van der Waals surface area contributed by atoms with Crippen LogP contribution in [0.1, 0.15) is 11.1 Å². The number of amides is 2. The molecule has 0 atom stereocenters.